The number of aliphatic carboxylic acids is 1. The van der Waals surface area contributed by atoms with E-state index in [4.69, 9.17) is 9.84 Å². The highest BCUT2D eigenvalue weighted by molar-refractivity contribution is 5.83. The molecule has 1 fully saturated rings. The first-order chi connectivity index (χ1) is 13.3. The molecule has 0 radical (unpaired) electrons. The average Bonchev–Trinajstić information content (AvgIpc) is 2.94. The maximum atomic E-state index is 12.2. The first kappa shape index (κ1) is 23.9. The van der Waals surface area contributed by atoms with Crippen molar-refractivity contribution >= 4 is 17.7 Å². The van der Waals surface area contributed by atoms with Crippen LogP contribution in [0.5, 0.6) is 0 Å². The van der Waals surface area contributed by atoms with Crippen LogP contribution in [0.2, 0.25) is 0 Å². The molecule has 1 aliphatic rings. The number of carbonyl (C=O) groups excluding carboxylic acids is 2. The summed E-state index contributed by atoms with van der Waals surface area (Å²) < 4.78 is 5.40. The molecular weight excluding hydrogens is 356 g/mol. The maximum absolute atomic E-state index is 12.2. The molecule has 0 bridgehead atoms. The van der Waals surface area contributed by atoms with Gasteiger partial charge >= 0.3 is 11.9 Å². The standard InChI is InChI=1S/C23H34O5/c1-17(2)9-8-10-20(28-18(3)24)15-13-19-14-16-22(25)21(19)11-6-4-5-7-12-23(26)27/h4,6,9,13,15,19-21H,5,7-8,10-12,14,16H2,1-3H3,(H,26,27)/b6-4-,15-13+/t19-,20-,21+/m0/s1. The molecule has 28 heavy (non-hydrogen) atoms. The molecule has 0 unspecified atom stereocenters. The fourth-order valence-electron chi connectivity index (χ4n) is 3.41. The summed E-state index contributed by atoms with van der Waals surface area (Å²) in [6.07, 6.45) is 15.0. The molecule has 0 spiro atoms. The number of hydrogen-bond donors (Lipinski definition) is 1. The Labute approximate surface area is 168 Å². The molecule has 156 valence electrons. The van der Waals surface area contributed by atoms with Crippen molar-refractivity contribution in [3.8, 4) is 0 Å². The Morgan fingerprint density at radius 3 is 2.61 bits per heavy atom. The number of carboxylic acid groups (broad SMARTS) is 1. The zero-order valence-electron chi connectivity index (χ0n) is 17.4. The van der Waals surface area contributed by atoms with Crippen LogP contribution in [0.15, 0.2) is 36.0 Å². The summed E-state index contributed by atoms with van der Waals surface area (Å²) in [5.74, 6) is -0.675. The Balaban J connectivity index is 2.59. The van der Waals surface area contributed by atoms with Crippen LogP contribution in [0.4, 0.5) is 0 Å². The predicted octanol–water partition coefficient (Wildman–Crippen LogP) is 5.02. The van der Waals surface area contributed by atoms with Gasteiger partial charge in [-0.1, -0.05) is 29.9 Å². The predicted molar refractivity (Wildman–Crippen MR) is 110 cm³/mol. The molecule has 0 aromatic heterocycles. The van der Waals surface area contributed by atoms with E-state index >= 15 is 0 Å². The van der Waals surface area contributed by atoms with Crippen molar-refractivity contribution in [3.05, 3.63) is 36.0 Å². The zero-order chi connectivity index (χ0) is 20.9. The molecule has 1 N–H and O–H groups in total. The number of Topliss-reactive ketones (excluding diaryl/α,β-unsaturated/α-hetero) is 1. The number of ketones is 1. The van der Waals surface area contributed by atoms with Crippen LogP contribution in [0.1, 0.15) is 72.1 Å². The minimum absolute atomic E-state index is 0.0391. The van der Waals surface area contributed by atoms with Gasteiger partial charge in [-0.15, -0.1) is 0 Å². The number of unbranched alkanes of at least 4 members (excludes halogenated alkanes) is 1. The number of ether oxygens (including phenoxy) is 1. The Kier molecular flexibility index (Phi) is 11.2. The molecule has 3 atom stereocenters. The third kappa shape index (κ3) is 10.2. The van der Waals surface area contributed by atoms with E-state index in [1.807, 2.05) is 38.2 Å². The van der Waals surface area contributed by atoms with E-state index in [9.17, 15) is 14.4 Å². The van der Waals surface area contributed by atoms with Gasteiger partial charge in [0, 0.05) is 25.7 Å². The maximum Gasteiger partial charge on any atom is 0.303 e. The van der Waals surface area contributed by atoms with Crippen LogP contribution >= 0.6 is 0 Å². The molecule has 0 heterocycles. The second-order valence-corrected chi connectivity index (χ2v) is 7.66. The topological polar surface area (TPSA) is 80.7 Å². The van der Waals surface area contributed by atoms with E-state index in [0.717, 1.165) is 19.3 Å². The number of esters is 1. The van der Waals surface area contributed by atoms with Gasteiger partial charge in [0.2, 0.25) is 0 Å². The van der Waals surface area contributed by atoms with Crippen LogP contribution < -0.4 is 0 Å². The summed E-state index contributed by atoms with van der Waals surface area (Å²) in [4.78, 5) is 34.1. The Hall–Kier alpha value is -2.17. The molecule has 5 heteroatoms. The lowest BCUT2D eigenvalue weighted by atomic mass is 9.91. The number of hydrogen-bond acceptors (Lipinski definition) is 4. The number of allylic oxidation sites excluding steroid dienone is 5. The van der Waals surface area contributed by atoms with Gasteiger partial charge < -0.3 is 9.84 Å². The van der Waals surface area contributed by atoms with E-state index in [-0.39, 0.29) is 36.1 Å². The number of rotatable bonds is 12. The monoisotopic (exact) mass is 390 g/mol. The molecule has 1 rings (SSSR count). The zero-order valence-corrected chi connectivity index (χ0v) is 17.4. The highest BCUT2D eigenvalue weighted by Crippen LogP contribution is 2.33. The minimum Gasteiger partial charge on any atom is -0.481 e. The lowest BCUT2D eigenvalue weighted by Crippen LogP contribution is -2.16. The van der Waals surface area contributed by atoms with E-state index in [2.05, 4.69) is 6.08 Å². The van der Waals surface area contributed by atoms with Gasteiger partial charge in [-0.05, 0) is 64.4 Å². The highest BCUT2D eigenvalue weighted by atomic mass is 16.5. The van der Waals surface area contributed by atoms with E-state index < -0.39 is 5.97 Å². The van der Waals surface area contributed by atoms with Crippen molar-refractivity contribution in [1.82, 2.24) is 0 Å². The van der Waals surface area contributed by atoms with E-state index in [0.29, 0.717) is 25.7 Å². The van der Waals surface area contributed by atoms with Gasteiger partial charge in [0.25, 0.3) is 0 Å². The van der Waals surface area contributed by atoms with Crippen molar-refractivity contribution in [3.63, 3.8) is 0 Å². The average molecular weight is 391 g/mol. The van der Waals surface area contributed by atoms with E-state index in [1.165, 1.54) is 12.5 Å². The molecule has 1 saturated carbocycles. The third-order valence-corrected chi connectivity index (χ3v) is 4.87. The summed E-state index contributed by atoms with van der Waals surface area (Å²) >= 11 is 0. The van der Waals surface area contributed by atoms with Gasteiger partial charge in [-0.2, -0.15) is 0 Å². The van der Waals surface area contributed by atoms with Gasteiger partial charge in [0.05, 0.1) is 0 Å². The van der Waals surface area contributed by atoms with Gasteiger partial charge in [-0.3, -0.25) is 14.4 Å². The minimum atomic E-state index is -0.781. The van der Waals surface area contributed by atoms with Crippen molar-refractivity contribution in [2.75, 3.05) is 0 Å². The van der Waals surface area contributed by atoms with Crippen molar-refractivity contribution in [1.29, 1.82) is 0 Å². The smallest absolute Gasteiger partial charge is 0.303 e. The summed E-state index contributed by atoms with van der Waals surface area (Å²) in [7, 11) is 0. The Morgan fingerprint density at radius 1 is 1.21 bits per heavy atom. The summed E-state index contributed by atoms with van der Waals surface area (Å²) in [5.41, 5.74) is 1.24. The Bertz CT molecular complexity index is 610. The molecular formula is C23H34O5. The largest absolute Gasteiger partial charge is 0.481 e. The number of carboxylic acids is 1. The van der Waals surface area contributed by atoms with Gasteiger partial charge in [-0.25, -0.2) is 0 Å². The fourth-order valence-corrected chi connectivity index (χ4v) is 3.41. The van der Waals surface area contributed by atoms with Crippen LogP contribution in [0.3, 0.4) is 0 Å². The summed E-state index contributed by atoms with van der Waals surface area (Å²) in [6, 6.07) is 0. The third-order valence-electron chi connectivity index (χ3n) is 4.87. The second-order valence-electron chi connectivity index (χ2n) is 7.66. The Morgan fingerprint density at radius 2 is 1.96 bits per heavy atom. The van der Waals surface area contributed by atoms with Crippen molar-refractivity contribution in [2.24, 2.45) is 11.8 Å². The van der Waals surface area contributed by atoms with Gasteiger partial charge in [0.1, 0.15) is 11.9 Å². The normalized spacial score (nSPS) is 20.6. The van der Waals surface area contributed by atoms with Crippen LogP contribution in [-0.4, -0.2) is 28.9 Å². The van der Waals surface area contributed by atoms with Crippen molar-refractivity contribution < 1.29 is 24.2 Å². The quantitative estimate of drug-likeness (QED) is 0.287. The second kappa shape index (κ2) is 13.1. The van der Waals surface area contributed by atoms with E-state index in [1.54, 1.807) is 0 Å². The first-order valence-electron chi connectivity index (χ1n) is 10.2. The molecule has 5 nitrogen and oxygen atoms in total. The fraction of sp³-hybridized carbons (Fsp3) is 0.609. The molecule has 0 saturated heterocycles. The summed E-state index contributed by atoms with van der Waals surface area (Å²) in [6.45, 7) is 5.50. The first-order valence-corrected chi connectivity index (χ1v) is 10.2. The lowest BCUT2D eigenvalue weighted by molar-refractivity contribution is -0.144. The molecule has 0 amide bonds. The highest BCUT2D eigenvalue weighted by Gasteiger charge is 2.32. The molecule has 0 aromatic rings. The summed E-state index contributed by atoms with van der Waals surface area (Å²) in [5, 5.41) is 8.64. The molecule has 0 aliphatic heterocycles. The van der Waals surface area contributed by atoms with Crippen LogP contribution in [-0.2, 0) is 19.1 Å². The molecule has 1 aliphatic carbocycles. The van der Waals surface area contributed by atoms with Crippen LogP contribution in [0.25, 0.3) is 0 Å². The van der Waals surface area contributed by atoms with Crippen LogP contribution in [0, 0.1) is 11.8 Å². The number of carbonyl (C=O) groups is 3. The SMILES string of the molecule is CC(=O)O[C@H](/C=C/[C@H]1CCC(=O)[C@@H]1C/C=C\CCCC(=O)O)CCC=C(C)C. The lowest BCUT2D eigenvalue weighted by Gasteiger charge is -2.16. The molecule has 0 aromatic carbocycles. The van der Waals surface area contributed by atoms with Gasteiger partial charge in [0.15, 0.2) is 0 Å². The van der Waals surface area contributed by atoms with Crippen molar-refractivity contribution in [2.45, 2.75) is 78.2 Å².